The van der Waals surface area contributed by atoms with Crippen molar-refractivity contribution >= 4 is 0 Å². The summed E-state index contributed by atoms with van der Waals surface area (Å²) >= 11 is 0. The topological polar surface area (TPSA) is 6.48 Å². The highest BCUT2D eigenvalue weighted by molar-refractivity contribution is 4.95. The van der Waals surface area contributed by atoms with E-state index in [0.29, 0.717) is 13.1 Å². The molecular formula is C13H25F3N2. The Morgan fingerprint density at radius 2 is 1.33 bits per heavy atom. The number of alkyl halides is 3. The van der Waals surface area contributed by atoms with Gasteiger partial charge in [0.05, 0.1) is 0 Å². The van der Waals surface area contributed by atoms with Gasteiger partial charge in [0.15, 0.2) is 0 Å². The fourth-order valence-electron chi connectivity index (χ4n) is 2.48. The Morgan fingerprint density at radius 1 is 0.833 bits per heavy atom. The summed E-state index contributed by atoms with van der Waals surface area (Å²) in [6.45, 7) is 12.6. The van der Waals surface area contributed by atoms with Gasteiger partial charge in [-0.1, -0.05) is 0 Å². The summed E-state index contributed by atoms with van der Waals surface area (Å²) in [6.07, 6.45) is -4.17. The lowest BCUT2D eigenvalue weighted by Gasteiger charge is -2.51. The number of hydrogen-bond acceptors (Lipinski definition) is 2. The van der Waals surface area contributed by atoms with Gasteiger partial charge in [0.25, 0.3) is 0 Å². The van der Waals surface area contributed by atoms with E-state index in [-0.39, 0.29) is 12.1 Å². The zero-order chi connectivity index (χ0) is 14.4. The first-order valence-electron chi connectivity index (χ1n) is 6.42. The Bertz CT molecular complexity index is 286. The summed E-state index contributed by atoms with van der Waals surface area (Å²) in [6, 6.07) is -1.37. The van der Waals surface area contributed by atoms with E-state index in [2.05, 4.69) is 0 Å². The van der Waals surface area contributed by atoms with Crippen LogP contribution in [-0.4, -0.2) is 52.7 Å². The minimum absolute atomic E-state index is 0.0598. The summed E-state index contributed by atoms with van der Waals surface area (Å²) in [4.78, 5) is 3.50. The van der Waals surface area contributed by atoms with Crippen LogP contribution < -0.4 is 0 Å². The van der Waals surface area contributed by atoms with Crippen molar-refractivity contribution in [1.82, 2.24) is 9.80 Å². The van der Waals surface area contributed by atoms with E-state index in [9.17, 15) is 13.2 Å². The summed E-state index contributed by atoms with van der Waals surface area (Å²) < 4.78 is 39.6. The molecule has 1 aliphatic rings. The van der Waals surface area contributed by atoms with Gasteiger partial charge in [-0.2, -0.15) is 13.2 Å². The molecule has 0 aliphatic carbocycles. The fraction of sp³-hybridized carbons (Fsp3) is 1.00. The molecule has 0 radical (unpaired) electrons. The van der Waals surface area contributed by atoms with E-state index < -0.39 is 17.8 Å². The Morgan fingerprint density at radius 3 is 1.67 bits per heavy atom. The van der Waals surface area contributed by atoms with Crippen LogP contribution in [0.1, 0.15) is 41.5 Å². The lowest BCUT2D eigenvalue weighted by atomic mass is 9.96. The van der Waals surface area contributed by atoms with E-state index >= 15 is 0 Å². The van der Waals surface area contributed by atoms with Crippen LogP contribution in [0.25, 0.3) is 0 Å². The maximum absolute atomic E-state index is 13.2. The summed E-state index contributed by atoms with van der Waals surface area (Å²) in [7, 11) is 0. The van der Waals surface area contributed by atoms with Crippen molar-refractivity contribution in [3.63, 3.8) is 0 Å². The van der Waals surface area contributed by atoms with Gasteiger partial charge in [-0.05, 0) is 41.5 Å². The second-order valence-electron chi connectivity index (χ2n) is 7.04. The molecule has 18 heavy (non-hydrogen) atoms. The zero-order valence-corrected chi connectivity index (χ0v) is 12.2. The molecule has 108 valence electrons. The van der Waals surface area contributed by atoms with E-state index in [1.807, 2.05) is 46.4 Å². The minimum atomic E-state index is -4.17. The third kappa shape index (κ3) is 3.60. The van der Waals surface area contributed by atoms with Crippen LogP contribution in [0.5, 0.6) is 0 Å². The van der Waals surface area contributed by atoms with Crippen LogP contribution in [0.15, 0.2) is 0 Å². The summed E-state index contributed by atoms with van der Waals surface area (Å²) in [5.41, 5.74) is -0.669. The molecule has 1 rings (SSSR count). The average Bonchev–Trinajstić information content (AvgIpc) is 2.12. The molecule has 1 aliphatic heterocycles. The molecule has 1 atom stereocenters. The Kier molecular flexibility index (Phi) is 4.09. The second kappa shape index (κ2) is 4.67. The highest BCUT2D eigenvalue weighted by Crippen LogP contribution is 2.34. The second-order valence-corrected chi connectivity index (χ2v) is 7.04. The number of piperazine rings is 1. The lowest BCUT2D eigenvalue weighted by Crippen LogP contribution is -2.66. The normalized spacial score (nSPS) is 25.5. The number of halogens is 3. The molecule has 0 aromatic carbocycles. The van der Waals surface area contributed by atoms with Gasteiger partial charge in [0.2, 0.25) is 0 Å². The van der Waals surface area contributed by atoms with Crippen LogP contribution in [0.3, 0.4) is 0 Å². The van der Waals surface area contributed by atoms with Gasteiger partial charge in [0, 0.05) is 30.7 Å². The molecule has 0 spiro atoms. The van der Waals surface area contributed by atoms with Gasteiger partial charge in [0.1, 0.15) is 6.04 Å². The lowest BCUT2D eigenvalue weighted by molar-refractivity contribution is -0.214. The molecule has 1 unspecified atom stereocenters. The summed E-state index contributed by atoms with van der Waals surface area (Å²) in [5.74, 6) is 0. The van der Waals surface area contributed by atoms with Crippen molar-refractivity contribution in [3.05, 3.63) is 0 Å². The first-order valence-corrected chi connectivity index (χ1v) is 6.42. The Labute approximate surface area is 108 Å². The maximum Gasteiger partial charge on any atom is 0.405 e. The molecule has 1 saturated heterocycles. The molecule has 1 heterocycles. The molecule has 0 bridgehead atoms. The molecule has 0 N–H and O–H groups in total. The van der Waals surface area contributed by atoms with Gasteiger partial charge >= 0.3 is 6.18 Å². The highest BCUT2D eigenvalue weighted by Gasteiger charge is 2.50. The van der Waals surface area contributed by atoms with Gasteiger partial charge < -0.3 is 0 Å². The van der Waals surface area contributed by atoms with Crippen LogP contribution >= 0.6 is 0 Å². The summed E-state index contributed by atoms with van der Waals surface area (Å²) in [5, 5.41) is 0. The van der Waals surface area contributed by atoms with Crippen molar-refractivity contribution in [3.8, 4) is 0 Å². The molecular weight excluding hydrogens is 241 g/mol. The monoisotopic (exact) mass is 266 g/mol. The largest absolute Gasteiger partial charge is 0.405 e. The Balaban J connectivity index is 2.94. The number of rotatable bonds is 0. The van der Waals surface area contributed by atoms with Crippen LogP contribution in [0.4, 0.5) is 13.2 Å². The number of nitrogens with zero attached hydrogens (tertiary/aromatic N) is 2. The van der Waals surface area contributed by atoms with Crippen LogP contribution in [0.2, 0.25) is 0 Å². The third-order valence-electron chi connectivity index (χ3n) is 3.57. The Hall–Kier alpha value is -0.290. The predicted octanol–water partition coefficient (Wildman–Crippen LogP) is 3.13. The fourth-order valence-corrected chi connectivity index (χ4v) is 2.48. The first kappa shape index (κ1) is 15.8. The molecule has 1 fully saturated rings. The van der Waals surface area contributed by atoms with E-state index in [1.165, 1.54) is 0 Å². The standard InChI is InChI=1S/C13H25F3N2/c1-11(2,3)17-7-8-18(12(4,5)6)10(9-17)13(14,15)16/h10H,7-9H2,1-6H3. The van der Waals surface area contributed by atoms with E-state index in [1.54, 1.807) is 4.90 Å². The van der Waals surface area contributed by atoms with Crippen molar-refractivity contribution in [1.29, 1.82) is 0 Å². The van der Waals surface area contributed by atoms with Gasteiger partial charge in [-0.15, -0.1) is 0 Å². The van der Waals surface area contributed by atoms with Crippen molar-refractivity contribution in [2.24, 2.45) is 0 Å². The zero-order valence-electron chi connectivity index (χ0n) is 12.2. The van der Waals surface area contributed by atoms with Gasteiger partial charge in [-0.3, -0.25) is 9.80 Å². The molecule has 0 amide bonds. The van der Waals surface area contributed by atoms with Crippen molar-refractivity contribution in [2.75, 3.05) is 19.6 Å². The first-order chi connectivity index (χ1) is 7.83. The molecule has 0 saturated carbocycles. The van der Waals surface area contributed by atoms with E-state index in [4.69, 9.17) is 0 Å². The predicted molar refractivity (Wildman–Crippen MR) is 67.6 cm³/mol. The van der Waals surface area contributed by atoms with Gasteiger partial charge in [-0.25, -0.2) is 0 Å². The van der Waals surface area contributed by atoms with Crippen LogP contribution in [-0.2, 0) is 0 Å². The third-order valence-corrected chi connectivity index (χ3v) is 3.57. The molecule has 0 aromatic rings. The van der Waals surface area contributed by atoms with Crippen molar-refractivity contribution in [2.45, 2.75) is 64.8 Å². The molecule has 2 nitrogen and oxygen atoms in total. The minimum Gasteiger partial charge on any atom is -0.295 e. The van der Waals surface area contributed by atoms with Crippen LogP contribution in [0, 0.1) is 0 Å². The maximum atomic E-state index is 13.2. The molecule has 5 heteroatoms. The van der Waals surface area contributed by atoms with Crippen molar-refractivity contribution < 1.29 is 13.2 Å². The highest BCUT2D eigenvalue weighted by atomic mass is 19.4. The average molecular weight is 266 g/mol. The number of hydrogen-bond donors (Lipinski definition) is 0. The van der Waals surface area contributed by atoms with E-state index in [0.717, 1.165) is 0 Å². The quantitative estimate of drug-likeness (QED) is 0.664. The smallest absolute Gasteiger partial charge is 0.295 e. The molecule has 0 aromatic heterocycles. The SMILES string of the molecule is CC(C)(C)N1CCN(C(C)(C)C)C(C(F)(F)F)C1.